The molecule has 0 radical (unpaired) electrons. The van der Waals surface area contributed by atoms with Crippen molar-refractivity contribution in [1.82, 2.24) is 5.32 Å². The predicted molar refractivity (Wildman–Crippen MR) is 315 cm³/mol. The van der Waals surface area contributed by atoms with Crippen LogP contribution in [0.5, 0.6) is 0 Å². The zero-order valence-electron chi connectivity index (χ0n) is 48.4. The smallest absolute Gasteiger partial charge is 0.305 e. The molecule has 6 N–H and O–H groups in total. The zero-order valence-corrected chi connectivity index (χ0v) is 48.4. The first kappa shape index (κ1) is 71.1. The summed E-state index contributed by atoms with van der Waals surface area (Å²) in [5.41, 5.74) is 0. The van der Waals surface area contributed by atoms with Gasteiger partial charge in [0.05, 0.1) is 32.0 Å². The van der Waals surface area contributed by atoms with Crippen LogP contribution in [0.15, 0.2) is 72.9 Å². The fourth-order valence-corrected chi connectivity index (χ4v) is 9.27. The summed E-state index contributed by atoms with van der Waals surface area (Å²) in [6.07, 6.45) is 61.6. The quantitative estimate of drug-likeness (QED) is 0.0195. The SMILES string of the molecule is CCCCC/C=C/CC/C=C/C(O)C(COC1OC(CO)C(O)C(O)C1O)NC(=O)CCCCCCCCC/C=C\C/C=C\CCCCCCCCCCCOC(=O)CCCCCCC/C=C\C/C=C\CCCCCC. The van der Waals surface area contributed by atoms with E-state index >= 15 is 0 Å². The predicted octanol–water partition coefficient (Wildman–Crippen LogP) is 14.8. The highest BCUT2D eigenvalue weighted by molar-refractivity contribution is 5.76. The number of nitrogens with one attached hydrogen (secondary N) is 1. The van der Waals surface area contributed by atoms with Crippen LogP contribution < -0.4 is 5.32 Å². The van der Waals surface area contributed by atoms with Gasteiger partial charge in [0.15, 0.2) is 6.29 Å². The standard InChI is InChI=1S/C65H115NO10/c1-3-5-7-9-11-13-14-15-16-27-30-33-37-41-45-49-53-61(70)74-54-50-46-42-38-34-31-28-25-23-21-19-17-18-20-22-24-26-29-32-36-40-44-48-52-60(69)66-57(58(68)51-47-43-39-35-12-10-8-6-4-2)56-75-65-64(73)63(72)62(71)59(55-67)76-65/h12-14,16-17,19-20,22,27,35,47,51,57-59,62-65,67-68,71-73H,3-11,15,18,21,23-26,28-34,36-46,48-50,52-56H2,1-2H3,(H,66,69)/b14-13-,19-17-,22-20-,27-16-,35-12+,51-47+. The number of aliphatic hydroxyl groups excluding tert-OH is 5. The lowest BCUT2D eigenvalue weighted by atomic mass is 9.99. The van der Waals surface area contributed by atoms with Crippen LogP contribution in [0.1, 0.15) is 264 Å². The average Bonchev–Trinajstić information content (AvgIpc) is 3.42. The molecule has 11 nitrogen and oxygen atoms in total. The Morgan fingerprint density at radius 3 is 1.41 bits per heavy atom. The molecule has 1 amide bonds. The second-order valence-electron chi connectivity index (χ2n) is 21.4. The van der Waals surface area contributed by atoms with Gasteiger partial charge in [-0.25, -0.2) is 0 Å². The van der Waals surface area contributed by atoms with E-state index in [1.165, 1.54) is 135 Å². The minimum Gasteiger partial charge on any atom is -0.466 e. The first-order valence-electron chi connectivity index (χ1n) is 31.2. The van der Waals surface area contributed by atoms with E-state index < -0.39 is 49.5 Å². The molecule has 0 bridgehead atoms. The molecule has 0 aromatic rings. The maximum Gasteiger partial charge on any atom is 0.305 e. The molecule has 0 aromatic heterocycles. The number of carbonyl (C=O) groups excluding carboxylic acids is 2. The second-order valence-corrected chi connectivity index (χ2v) is 21.4. The molecule has 1 rings (SSSR count). The molecular weight excluding hydrogens is 955 g/mol. The lowest BCUT2D eigenvalue weighted by Gasteiger charge is -2.40. The maximum atomic E-state index is 13.0. The molecule has 1 aliphatic rings. The number of esters is 1. The molecule has 0 spiro atoms. The van der Waals surface area contributed by atoms with E-state index in [0.717, 1.165) is 103 Å². The molecule has 0 aliphatic carbocycles. The van der Waals surface area contributed by atoms with Gasteiger partial charge in [0.1, 0.15) is 24.4 Å². The van der Waals surface area contributed by atoms with Gasteiger partial charge in [0.2, 0.25) is 5.91 Å². The second kappa shape index (κ2) is 54.1. The summed E-state index contributed by atoms with van der Waals surface area (Å²) in [5.74, 6) is -0.226. The van der Waals surface area contributed by atoms with Crippen LogP contribution in [0.3, 0.4) is 0 Å². The van der Waals surface area contributed by atoms with Crippen molar-refractivity contribution in [2.45, 2.75) is 307 Å². The van der Waals surface area contributed by atoms with E-state index in [1.54, 1.807) is 6.08 Å². The Morgan fingerprint density at radius 1 is 0.487 bits per heavy atom. The molecule has 0 saturated carbocycles. The molecule has 7 unspecified atom stereocenters. The highest BCUT2D eigenvalue weighted by Gasteiger charge is 2.44. The summed E-state index contributed by atoms with van der Waals surface area (Å²) < 4.78 is 16.7. The Balaban J connectivity index is 2.01. The van der Waals surface area contributed by atoms with Gasteiger partial charge in [-0.05, 0) is 109 Å². The van der Waals surface area contributed by atoms with Gasteiger partial charge in [-0.2, -0.15) is 0 Å². The lowest BCUT2D eigenvalue weighted by molar-refractivity contribution is -0.302. The van der Waals surface area contributed by atoms with Crippen molar-refractivity contribution < 1.29 is 49.3 Å². The number of allylic oxidation sites excluding steroid dienone is 11. The minimum absolute atomic E-state index is 0.0197. The van der Waals surface area contributed by atoms with E-state index in [4.69, 9.17) is 14.2 Å². The van der Waals surface area contributed by atoms with Crippen molar-refractivity contribution in [1.29, 1.82) is 0 Å². The summed E-state index contributed by atoms with van der Waals surface area (Å²) >= 11 is 0. The molecule has 11 heteroatoms. The van der Waals surface area contributed by atoms with Crippen LogP contribution in [0.25, 0.3) is 0 Å². The minimum atomic E-state index is -1.58. The van der Waals surface area contributed by atoms with Gasteiger partial charge in [0, 0.05) is 12.8 Å². The first-order valence-corrected chi connectivity index (χ1v) is 31.2. The van der Waals surface area contributed by atoms with Crippen molar-refractivity contribution in [2.75, 3.05) is 19.8 Å². The molecule has 0 aromatic carbocycles. The molecule has 440 valence electrons. The Hall–Kier alpha value is -2.90. The molecular formula is C65H115NO10. The van der Waals surface area contributed by atoms with Gasteiger partial charge in [0.25, 0.3) is 0 Å². The average molecular weight is 1070 g/mol. The van der Waals surface area contributed by atoms with Crippen molar-refractivity contribution in [3.05, 3.63) is 72.9 Å². The summed E-state index contributed by atoms with van der Waals surface area (Å²) in [6, 6.07) is -0.835. The first-order chi connectivity index (χ1) is 37.2. The van der Waals surface area contributed by atoms with E-state index in [-0.39, 0.29) is 18.5 Å². The molecule has 1 saturated heterocycles. The number of hydrogen-bond donors (Lipinski definition) is 6. The summed E-state index contributed by atoms with van der Waals surface area (Å²) in [4.78, 5) is 25.1. The summed E-state index contributed by atoms with van der Waals surface area (Å²) in [7, 11) is 0. The van der Waals surface area contributed by atoms with Gasteiger partial charge >= 0.3 is 5.97 Å². The van der Waals surface area contributed by atoms with E-state index in [2.05, 4.69) is 79.9 Å². The third-order valence-corrected chi connectivity index (χ3v) is 14.3. The molecule has 1 heterocycles. The largest absolute Gasteiger partial charge is 0.466 e. The number of hydrogen-bond acceptors (Lipinski definition) is 10. The maximum absolute atomic E-state index is 13.0. The number of unbranched alkanes of at least 4 members (excludes halogenated alkanes) is 29. The number of aliphatic hydroxyl groups is 5. The third-order valence-electron chi connectivity index (χ3n) is 14.3. The van der Waals surface area contributed by atoms with Crippen LogP contribution in [0.2, 0.25) is 0 Å². The summed E-state index contributed by atoms with van der Waals surface area (Å²) in [5, 5.41) is 54.2. The van der Waals surface area contributed by atoms with Crippen LogP contribution in [-0.2, 0) is 23.8 Å². The fourth-order valence-electron chi connectivity index (χ4n) is 9.27. The van der Waals surface area contributed by atoms with E-state index in [0.29, 0.717) is 19.4 Å². The van der Waals surface area contributed by atoms with Crippen molar-refractivity contribution in [2.24, 2.45) is 0 Å². The highest BCUT2D eigenvalue weighted by atomic mass is 16.7. The normalized spacial score (nSPS) is 19.2. The molecule has 7 atom stereocenters. The third kappa shape index (κ3) is 43.0. The Bertz CT molecular complexity index is 1490. The van der Waals surface area contributed by atoms with Gasteiger partial charge in [-0.1, -0.05) is 215 Å². The molecule has 1 fully saturated rings. The fraction of sp³-hybridized carbons (Fsp3) is 0.785. The van der Waals surface area contributed by atoms with Crippen molar-refractivity contribution >= 4 is 11.9 Å². The van der Waals surface area contributed by atoms with Gasteiger partial charge in [-0.15, -0.1) is 0 Å². The van der Waals surface area contributed by atoms with Gasteiger partial charge in [-0.3, -0.25) is 9.59 Å². The van der Waals surface area contributed by atoms with Crippen LogP contribution in [-0.4, -0.2) is 100 Å². The molecule has 1 aliphatic heterocycles. The highest BCUT2D eigenvalue weighted by Crippen LogP contribution is 2.23. The number of carbonyl (C=O) groups is 2. The van der Waals surface area contributed by atoms with Crippen molar-refractivity contribution in [3.8, 4) is 0 Å². The monoisotopic (exact) mass is 1070 g/mol. The van der Waals surface area contributed by atoms with Crippen LogP contribution >= 0.6 is 0 Å². The topological polar surface area (TPSA) is 175 Å². The van der Waals surface area contributed by atoms with Gasteiger partial charge < -0.3 is 45.1 Å². The Labute approximate surface area is 464 Å². The summed E-state index contributed by atoms with van der Waals surface area (Å²) in [6.45, 7) is 4.23. The molecule has 76 heavy (non-hydrogen) atoms. The zero-order chi connectivity index (χ0) is 55.2. The lowest BCUT2D eigenvalue weighted by Crippen LogP contribution is -2.60. The number of rotatable bonds is 53. The number of ether oxygens (including phenoxy) is 3. The van der Waals surface area contributed by atoms with Crippen LogP contribution in [0.4, 0.5) is 0 Å². The van der Waals surface area contributed by atoms with E-state index in [9.17, 15) is 35.1 Å². The Morgan fingerprint density at radius 2 is 0.895 bits per heavy atom. The van der Waals surface area contributed by atoms with Crippen LogP contribution in [0, 0.1) is 0 Å². The van der Waals surface area contributed by atoms with E-state index in [1.807, 2.05) is 6.08 Å². The number of amides is 1. The Kier molecular flexibility index (Phi) is 50.6. The van der Waals surface area contributed by atoms with Crippen molar-refractivity contribution in [3.63, 3.8) is 0 Å².